The van der Waals surface area contributed by atoms with Gasteiger partial charge < -0.3 is 18.9 Å². The molecule has 3 rings (SSSR count). The lowest BCUT2D eigenvalue weighted by Crippen LogP contribution is -1.98. The van der Waals surface area contributed by atoms with Crippen LogP contribution in [-0.2, 0) is 6.61 Å². The third-order valence-corrected chi connectivity index (χ3v) is 2.80. The van der Waals surface area contributed by atoms with Crippen molar-refractivity contribution in [1.82, 2.24) is 4.98 Å². The Kier molecular flexibility index (Phi) is 3.10. The van der Waals surface area contributed by atoms with E-state index in [9.17, 15) is 0 Å². The van der Waals surface area contributed by atoms with E-state index < -0.39 is 0 Å². The summed E-state index contributed by atoms with van der Waals surface area (Å²) in [6.07, 6.45) is 3.29. The fourth-order valence-electron chi connectivity index (χ4n) is 1.84. The van der Waals surface area contributed by atoms with Gasteiger partial charge in [0.25, 0.3) is 0 Å². The molecule has 98 valence electrons. The van der Waals surface area contributed by atoms with Crippen LogP contribution >= 0.6 is 0 Å². The van der Waals surface area contributed by atoms with E-state index in [1.807, 2.05) is 18.2 Å². The van der Waals surface area contributed by atoms with Crippen LogP contribution in [0.15, 0.2) is 36.7 Å². The molecular formula is C14H13NO4. The lowest BCUT2D eigenvalue weighted by atomic mass is 10.2. The number of ether oxygens (including phenoxy) is 4. The molecule has 0 saturated heterocycles. The molecule has 2 aromatic rings. The van der Waals surface area contributed by atoms with Gasteiger partial charge in [-0.3, -0.25) is 4.98 Å². The van der Waals surface area contributed by atoms with Crippen molar-refractivity contribution in [1.29, 1.82) is 0 Å². The number of nitrogens with zero attached hydrogens (tertiary/aromatic N) is 1. The maximum absolute atomic E-state index is 5.69. The highest BCUT2D eigenvalue weighted by Gasteiger charge is 2.13. The van der Waals surface area contributed by atoms with Gasteiger partial charge >= 0.3 is 0 Å². The summed E-state index contributed by atoms with van der Waals surface area (Å²) in [5.74, 6) is 2.79. The number of benzene rings is 1. The summed E-state index contributed by atoms with van der Waals surface area (Å²) < 4.78 is 21.5. The molecule has 1 aromatic heterocycles. The zero-order valence-electron chi connectivity index (χ0n) is 10.5. The molecule has 0 radical (unpaired) electrons. The van der Waals surface area contributed by atoms with Gasteiger partial charge in [-0.05, 0) is 17.7 Å². The molecule has 0 saturated carbocycles. The smallest absolute Gasteiger partial charge is 0.231 e. The number of methoxy groups -OCH3 is 1. The Morgan fingerprint density at radius 3 is 2.95 bits per heavy atom. The zero-order valence-corrected chi connectivity index (χ0v) is 10.5. The SMILES string of the molecule is COc1ccncc1OCc1ccc2c(c1)OCO2. The number of aromatic nitrogens is 1. The fraction of sp³-hybridized carbons (Fsp3) is 0.214. The highest BCUT2D eigenvalue weighted by Crippen LogP contribution is 2.33. The largest absolute Gasteiger partial charge is 0.493 e. The number of fused-ring (bicyclic) bond motifs is 1. The van der Waals surface area contributed by atoms with E-state index in [1.54, 1.807) is 25.6 Å². The molecule has 0 spiro atoms. The van der Waals surface area contributed by atoms with Crippen LogP contribution in [0.5, 0.6) is 23.0 Å². The molecule has 1 aliphatic heterocycles. The number of rotatable bonds is 4. The average Bonchev–Trinajstić information content (AvgIpc) is 2.93. The Labute approximate surface area is 110 Å². The average molecular weight is 259 g/mol. The van der Waals surface area contributed by atoms with Gasteiger partial charge in [0, 0.05) is 12.3 Å². The van der Waals surface area contributed by atoms with Gasteiger partial charge in [-0.1, -0.05) is 6.07 Å². The Morgan fingerprint density at radius 2 is 2.05 bits per heavy atom. The summed E-state index contributed by atoms with van der Waals surface area (Å²) in [4.78, 5) is 4.01. The predicted octanol–water partition coefficient (Wildman–Crippen LogP) is 2.40. The minimum Gasteiger partial charge on any atom is -0.493 e. The van der Waals surface area contributed by atoms with Gasteiger partial charge in [-0.2, -0.15) is 0 Å². The Hall–Kier alpha value is -2.43. The first-order valence-corrected chi connectivity index (χ1v) is 5.86. The van der Waals surface area contributed by atoms with Gasteiger partial charge in [-0.25, -0.2) is 0 Å². The summed E-state index contributed by atoms with van der Waals surface area (Å²) in [7, 11) is 1.60. The van der Waals surface area contributed by atoms with Crippen molar-refractivity contribution in [2.24, 2.45) is 0 Å². The van der Waals surface area contributed by atoms with Gasteiger partial charge in [0.05, 0.1) is 13.3 Å². The van der Waals surface area contributed by atoms with Crippen LogP contribution < -0.4 is 18.9 Å². The second-order valence-corrected chi connectivity index (χ2v) is 4.00. The van der Waals surface area contributed by atoms with Gasteiger partial charge in [-0.15, -0.1) is 0 Å². The van der Waals surface area contributed by atoms with Crippen molar-refractivity contribution in [2.75, 3.05) is 13.9 Å². The van der Waals surface area contributed by atoms with Crippen LogP contribution in [0.4, 0.5) is 0 Å². The minimum atomic E-state index is 0.274. The second-order valence-electron chi connectivity index (χ2n) is 4.00. The summed E-state index contributed by atoms with van der Waals surface area (Å²) in [5, 5.41) is 0. The van der Waals surface area contributed by atoms with E-state index >= 15 is 0 Å². The summed E-state index contributed by atoms with van der Waals surface area (Å²) in [6.45, 7) is 0.689. The lowest BCUT2D eigenvalue weighted by molar-refractivity contribution is 0.174. The molecule has 5 nitrogen and oxygen atoms in total. The normalized spacial score (nSPS) is 12.3. The summed E-state index contributed by atoms with van der Waals surface area (Å²) in [6, 6.07) is 7.48. The molecule has 0 aliphatic carbocycles. The molecule has 1 aliphatic rings. The van der Waals surface area contributed by atoms with E-state index in [1.165, 1.54) is 0 Å². The van der Waals surface area contributed by atoms with Gasteiger partial charge in [0.1, 0.15) is 6.61 Å². The van der Waals surface area contributed by atoms with Crippen molar-refractivity contribution in [3.05, 3.63) is 42.2 Å². The molecule has 0 bridgehead atoms. The third kappa shape index (κ3) is 2.40. The third-order valence-electron chi connectivity index (χ3n) is 2.80. The molecule has 0 amide bonds. The topological polar surface area (TPSA) is 49.8 Å². The Balaban J connectivity index is 1.72. The molecule has 0 fully saturated rings. The molecule has 2 heterocycles. The number of pyridine rings is 1. The zero-order chi connectivity index (χ0) is 13.1. The monoisotopic (exact) mass is 259 g/mol. The second kappa shape index (κ2) is 5.06. The van der Waals surface area contributed by atoms with Crippen molar-refractivity contribution < 1.29 is 18.9 Å². The van der Waals surface area contributed by atoms with Crippen molar-refractivity contribution in [2.45, 2.75) is 6.61 Å². The Morgan fingerprint density at radius 1 is 1.16 bits per heavy atom. The van der Waals surface area contributed by atoms with E-state index in [-0.39, 0.29) is 6.79 Å². The molecule has 0 unspecified atom stereocenters. The van der Waals surface area contributed by atoms with E-state index in [2.05, 4.69) is 4.98 Å². The van der Waals surface area contributed by atoms with E-state index in [4.69, 9.17) is 18.9 Å². The summed E-state index contributed by atoms with van der Waals surface area (Å²) >= 11 is 0. The summed E-state index contributed by atoms with van der Waals surface area (Å²) in [5.41, 5.74) is 0.996. The maximum Gasteiger partial charge on any atom is 0.231 e. The van der Waals surface area contributed by atoms with Crippen LogP contribution in [-0.4, -0.2) is 18.9 Å². The first kappa shape index (κ1) is 11.6. The van der Waals surface area contributed by atoms with Crippen molar-refractivity contribution >= 4 is 0 Å². The van der Waals surface area contributed by atoms with Crippen LogP contribution in [0.3, 0.4) is 0 Å². The predicted molar refractivity (Wildman–Crippen MR) is 67.7 cm³/mol. The lowest BCUT2D eigenvalue weighted by Gasteiger charge is -2.10. The van der Waals surface area contributed by atoms with Crippen LogP contribution in [0.2, 0.25) is 0 Å². The Bertz CT molecular complexity index is 585. The van der Waals surface area contributed by atoms with Crippen LogP contribution in [0.1, 0.15) is 5.56 Å². The molecule has 19 heavy (non-hydrogen) atoms. The standard InChI is InChI=1S/C14H13NO4/c1-16-11-4-5-15-7-14(11)17-8-10-2-3-12-13(6-10)19-9-18-12/h2-7H,8-9H2,1H3. The van der Waals surface area contributed by atoms with E-state index in [0.29, 0.717) is 18.1 Å². The van der Waals surface area contributed by atoms with Gasteiger partial charge in [0.2, 0.25) is 6.79 Å². The number of hydrogen-bond acceptors (Lipinski definition) is 5. The van der Waals surface area contributed by atoms with Gasteiger partial charge in [0.15, 0.2) is 23.0 Å². The van der Waals surface area contributed by atoms with Crippen LogP contribution in [0, 0.1) is 0 Å². The van der Waals surface area contributed by atoms with Crippen molar-refractivity contribution in [3.63, 3.8) is 0 Å². The molecule has 0 N–H and O–H groups in total. The van der Waals surface area contributed by atoms with E-state index in [0.717, 1.165) is 17.1 Å². The molecule has 0 atom stereocenters. The fourth-order valence-corrected chi connectivity index (χ4v) is 1.84. The molecule has 5 heteroatoms. The maximum atomic E-state index is 5.69. The first-order chi connectivity index (χ1) is 9.36. The number of hydrogen-bond donors (Lipinski definition) is 0. The highest BCUT2D eigenvalue weighted by atomic mass is 16.7. The first-order valence-electron chi connectivity index (χ1n) is 5.86. The van der Waals surface area contributed by atoms with Crippen LogP contribution in [0.25, 0.3) is 0 Å². The molecular weight excluding hydrogens is 246 g/mol. The quantitative estimate of drug-likeness (QED) is 0.843. The van der Waals surface area contributed by atoms with Crippen molar-refractivity contribution in [3.8, 4) is 23.0 Å². The minimum absolute atomic E-state index is 0.274. The molecule has 1 aromatic carbocycles. The highest BCUT2D eigenvalue weighted by molar-refractivity contribution is 5.44.